The van der Waals surface area contributed by atoms with Crippen LogP contribution in [-0.4, -0.2) is 9.55 Å². The fraction of sp³-hybridized carbons (Fsp3) is 0.471. The Kier molecular flexibility index (Phi) is 5.67. The number of hydrogen-bond acceptors (Lipinski definition) is 1. The molecular formula is C17H24N2. The van der Waals surface area contributed by atoms with E-state index in [-0.39, 0.29) is 0 Å². The van der Waals surface area contributed by atoms with Crippen LogP contribution in [0.5, 0.6) is 0 Å². The van der Waals surface area contributed by atoms with Crippen LogP contribution < -0.4 is 0 Å². The van der Waals surface area contributed by atoms with Crippen LogP contribution in [0.15, 0.2) is 42.7 Å². The highest BCUT2D eigenvalue weighted by Crippen LogP contribution is 2.13. The molecule has 0 spiro atoms. The Balaban J connectivity index is 1.83. The summed E-state index contributed by atoms with van der Waals surface area (Å²) in [6.07, 6.45) is 13.0. The number of para-hydroxylation sites is 1. The van der Waals surface area contributed by atoms with Gasteiger partial charge in [0.15, 0.2) is 0 Å². The molecule has 2 rings (SSSR count). The summed E-state index contributed by atoms with van der Waals surface area (Å²) >= 11 is 0. The molecule has 0 saturated carbocycles. The summed E-state index contributed by atoms with van der Waals surface area (Å²) in [6, 6.07) is 10.5. The molecule has 19 heavy (non-hydrogen) atoms. The van der Waals surface area contributed by atoms with Crippen molar-refractivity contribution in [1.29, 1.82) is 0 Å². The number of unbranched alkanes of at least 4 members (excludes halogenated alkanes) is 5. The van der Waals surface area contributed by atoms with Gasteiger partial charge in [0.2, 0.25) is 0 Å². The van der Waals surface area contributed by atoms with Crippen molar-refractivity contribution < 1.29 is 0 Å². The predicted octanol–water partition coefficient (Wildman–Crippen LogP) is 4.78. The molecule has 0 aliphatic carbocycles. The molecule has 0 fully saturated rings. The second kappa shape index (κ2) is 7.78. The smallest absolute Gasteiger partial charge is 0.113 e. The minimum absolute atomic E-state index is 1.08. The molecule has 2 nitrogen and oxygen atoms in total. The first-order valence-corrected chi connectivity index (χ1v) is 7.49. The van der Waals surface area contributed by atoms with Gasteiger partial charge in [-0.3, -0.25) is 0 Å². The Bertz CT molecular complexity index is 459. The van der Waals surface area contributed by atoms with Crippen LogP contribution in [-0.2, 0) is 6.42 Å². The standard InChI is InChI=1S/C17H24N2/c1-2-3-4-5-6-10-13-17-18-14-15-19(17)16-11-8-7-9-12-16/h7-9,11-12,14-15H,2-6,10,13H2,1H3. The summed E-state index contributed by atoms with van der Waals surface area (Å²) in [5.41, 5.74) is 1.21. The SMILES string of the molecule is CCCCCCCCc1nccn1-c1ccccc1. The lowest BCUT2D eigenvalue weighted by Crippen LogP contribution is -2.00. The molecular weight excluding hydrogens is 232 g/mol. The third-order valence-corrected chi connectivity index (χ3v) is 3.51. The molecule has 0 bridgehead atoms. The van der Waals surface area contributed by atoms with E-state index in [4.69, 9.17) is 0 Å². The molecule has 0 unspecified atom stereocenters. The van der Waals surface area contributed by atoms with E-state index in [9.17, 15) is 0 Å². The van der Waals surface area contributed by atoms with Crippen molar-refractivity contribution >= 4 is 0 Å². The van der Waals surface area contributed by atoms with Crippen molar-refractivity contribution in [2.24, 2.45) is 0 Å². The zero-order chi connectivity index (χ0) is 13.3. The van der Waals surface area contributed by atoms with Gasteiger partial charge in [-0.2, -0.15) is 0 Å². The number of hydrogen-bond donors (Lipinski definition) is 0. The fourth-order valence-electron chi connectivity index (χ4n) is 2.41. The van der Waals surface area contributed by atoms with Gasteiger partial charge in [-0.1, -0.05) is 57.2 Å². The molecule has 1 heterocycles. The van der Waals surface area contributed by atoms with E-state index in [1.54, 1.807) is 0 Å². The monoisotopic (exact) mass is 256 g/mol. The van der Waals surface area contributed by atoms with Crippen LogP contribution in [0.1, 0.15) is 51.3 Å². The van der Waals surface area contributed by atoms with Crippen LogP contribution in [0, 0.1) is 0 Å². The number of nitrogens with zero attached hydrogens (tertiary/aromatic N) is 2. The summed E-state index contributed by atoms with van der Waals surface area (Å²) in [5.74, 6) is 1.18. The molecule has 1 aromatic heterocycles. The fourth-order valence-corrected chi connectivity index (χ4v) is 2.41. The lowest BCUT2D eigenvalue weighted by molar-refractivity contribution is 0.599. The van der Waals surface area contributed by atoms with Crippen molar-refractivity contribution in [1.82, 2.24) is 9.55 Å². The lowest BCUT2D eigenvalue weighted by Gasteiger charge is -2.07. The summed E-state index contributed by atoms with van der Waals surface area (Å²) < 4.78 is 2.20. The molecule has 102 valence electrons. The average Bonchev–Trinajstić information content (AvgIpc) is 2.92. The largest absolute Gasteiger partial charge is 0.304 e. The van der Waals surface area contributed by atoms with Gasteiger partial charge in [-0.15, -0.1) is 0 Å². The van der Waals surface area contributed by atoms with Gasteiger partial charge in [-0.05, 0) is 18.6 Å². The normalized spacial score (nSPS) is 10.8. The van der Waals surface area contributed by atoms with Crippen LogP contribution in [0.4, 0.5) is 0 Å². The van der Waals surface area contributed by atoms with E-state index in [1.165, 1.54) is 50.0 Å². The molecule has 2 aromatic rings. The van der Waals surface area contributed by atoms with E-state index in [0.717, 1.165) is 6.42 Å². The van der Waals surface area contributed by atoms with E-state index in [1.807, 2.05) is 12.3 Å². The highest BCUT2D eigenvalue weighted by Gasteiger charge is 2.04. The van der Waals surface area contributed by atoms with Gasteiger partial charge in [0.25, 0.3) is 0 Å². The minimum Gasteiger partial charge on any atom is -0.304 e. The van der Waals surface area contributed by atoms with Gasteiger partial charge in [-0.25, -0.2) is 4.98 Å². The van der Waals surface area contributed by atoms with E-state index in [0.29, 0.717) is 0 Å². The first-order valence-electron chi connectivity index (χ1n) is 7.49. The molecule has 1 aromatic carbocycles. The maximum atomic E-state index is 4.49. The van der Waals surface area contributed by atoms with E-state index in [2.05, 4.69) is 46.9 Å². The van der Waals surface area contributed by atoms with E-state index < -0.39 is 0 Å². The predicted molar refractivity (Wildman–Crippen MR) is 80.6 cm³/mol. The van der Waals surface area contributed by atoms with Crippen LogP contribution in [0.3, 0.4) is 0 Å². The van der Waals surface area contributed by atoms with Crippen molar-refractivity contribution in [3.8, 4) is 5.69 Å². The topological polar surface area (TPSA) is 17.8 Å². The second-order valence-electron chi connectivity index (χ2n) is 5.07. The zero-order valence-electron chi connectivity index (χ0n) is 11.9. The Morgan fingerprint density at radius 2 is 1.68 bits per heavy atom. The molecule has 2 heteroatoms. The molecule has 0 radical (unpaired) electrons. The van der Waals surface area contributed by atoms with Crippen molar-refractivity contribution in [3.63, 3.8) is 0 Å². The minimum atomic E-state index is 1.08. The number of aromatic nitrogens is 2. The number of aryl methyl sites for hydroxylation is 1. The maximum absolute atomic E-state index is 4.49. The summed E-state index contributed by atoms with van der Waals surface area (Å²) in [5, 5.41) is 0. The third kappa shape index (κ3) is 4.23. The summed E-state index contributed by atoms with van der Waals surface area (Å²) in [7, 11) is 0. The Morgan fingerprint density at radius 3 is 2.47 bits per heavy atom. The second-order valence-corrected chi connectivity index (χ2v) is 5.07. The zero-order valence-corrected chi connectivity index (χ0v) is 11.9. The van der Waals surface area contributed by atoms with Gasteiger partial charge in [0.05, 0.1) is 0 Å². The third-order valence-electron chi connectivity index (χ3n) is 3.51. The van der Waals surface area contributed by atoms with Gasteiger partial charge >= 0.3 is 0 Å². The summed E-state index contributed by atoms with van der Waals surface area (Å²) in [6.45, 7) is 2.26. The Hall–Kier alpha value is -1.57. The molecule has 0 aliphatic rings. The van der Waals surface area contributed by atoms with Gasteiger partial charge < -0.3 is 4.57 Å². The van der Waals surface area contributed by atoms with Crippen molar-refractivity contribution in [2.75, 3.05) is 0 Å². The Labute approximate surface area is 116 Å². The highest BCUT2D eigenvalue weighted by atomic mass is 15.1. The highest BCUT2D eigenvalue weighted by molar-refractivity contribution is 5.32. The van der Waals surface area contributed by atoms with Crippen LogP contribution in [0.2, 0.25) is 0 Å². The van der Waals surface area contributed by atoms with Gasteiger partial charge in [0.1, 0.15) is 5.82 Å². The lowest BCUT2D eigenvalue weighted by atomic mass is 10.1. The van der Waals surface area contributed by atoms with E-state index >= 15 is 0 Å². The molecule has 0 aliphatic heterocycles. The van der Waals surface area contributed by atoms with Crippen molar-refractivity contribution in [3.05, 3.63) is 48.5 Å². The van der Waals surface area contributed by atoms with Gasteiger partial charge in [0, 0.05) is 24.5 Å². The average molecular weight is 256 g/mol. The first kappa shape index (κ1) is 13.9. The number of benzene rings is 1. The molecule has 0 saturated heterocycles. The maximum Gasteiger partial charge on any atom is 0.113 e. The molecule has 0 amide bonds. The number of rotatable bonds is 8. The molecule has 0 N–H and O–H groups in total. The molecule has 0 atom stereocenters. The quantitative estimate of drug-likeness (QED) is 0.622. The van der Waals surface area contributed by atoms with Crippen LogP contribution >= 0.6 is 0 Å². The Morgan fingerprint density at radius 1 is 0.947 bits per heavy atom. The first-order chi connectivity index (χ1) is 9.42. The van der Waals surface area contributed by atoms with Crippen LogP contribution in [0.25, 0.3) is 5.69 Å². The number of imidazole rings is 1. The summed E-state index contributed by atoms with van der Waals surface area (Å²) in [4.78, 5) is 4.49. The van der Waals surface area contributed by atoms with Crippen molar-refractivity contribution in [2.45, 2.75) is 51.9 Å².